The van der Waals surface area contributed by atoms with E-state index in [2.05, 4.69) is 4.74 Å². The molecule has 2 heterocycles. The van der Waals surface area contributed by atoms with Crippen LogP contribution in [0.15, 0.2) is 45.6 Å². The molecule has 2 aromatic carbocycles. The Labute approximate surface area is 190 Å². The number of ether oxygens (including phenoxy) is 3. The number of benzene rings is 2. The van der Waals surface area contributed by atoms with Gasteiger partial charge in [0.2, 0.25) is 6.29 Å². The van der Waals surface area contributed by atoms with Crippen LogP contribution in [0.5, 0.6) is 23.0 Å². The zero-order valence-corrected chi connectivity index (χ0v) is 17.5. The van der Waals surface area contributed by atoms with E-state index in [1.807, 2.05) is 0 Å². The molecule has 0 saturated carbocycles. The Bertz CT molecular complexity index is 1300. The molecule has 4 rings (SSSR count). The number of phenolic OH excluding ortho intramolecular Hbond substituents is 3. The first-order chi connectivity index (χ1) is 16.1. The maximum atomic E-state index is 12.6. The average Bonchev–Trinajstić information content (AvgIpc) is 2.80. The molecule has 180 valence electrons. The second-order valence-corrected chi connectivity index (χ2v) is 7.53. The molecular weight excluding hydrogens is 456 g/mol. The van der Waals surface area contributed by atoms with Crippen molar-refractivity contribution < 1.29 is 54.1 Å². The van der Waals surface area contributed by atoms with Gasteiger partial charge in [0.15, 0.2) is 23.0 Å². The van der Waals surface area contributed by atoms with Crippen LogP contribution >= 0.6 is 0 Å². The third kappa shape index (κ3) is 4.10. The van der Waals surface area contributed by atoms with Gasteiger partial charge < -0.3 is 49.3 Å². The molecule has 34 heavy (non-hydrogen) atoms. The first-order valence-electron chi connectivity index (χ1n) is 9.88. The van der Waals surface area contributed by atoms with Crippen LogP contribution < -0.4 is 10.2 Å². The number of hydrogen-bond acceptors (Lipinski definition) is 12. The molecule has 0 radical (unpaired) electrons. The molecule has 0 spiro atoms. The monoisotopic (exact) mass is 476 g/mol. The normalized spacial score (nSPS) is 24.6. The van der Waals surface area contributed by atoms with Gasteiger partial charge in [0.1, 0.15) is 46.5 Å². The predicted octanol–water partition coefficient (Wildman–Crippen LogP) is -0.0638. The van der Waals surface area contributed by atoms with Crippen molar-refractivity contribution in [2.45, 2.75) is 30.7 Å². The van der Waals surface area contributed by atoms with Crippen molar-refractivity contribution in [3.63, 3.8) is 0 Å². The number of hydrogen-bond donors (Lipinski definition) is 6. The summed E-state index contributed by atoms with van der Waals surface area (Å²) in [6.07, 6.45) is -8.71. The lowest BCUT2D eigenvalue weighted by Gasteiger charge is -2.38. The van der Waals surface area contributed by atoms with Crippen molar-refractivity contribution >= 4 is 16.9 Å². The maximum Gasteiger partial charge on any atom is 0.337 e. The van der Waals surface area contributed by atoms with Gasteiger partial charge in [-0.15, -0.1) is 0 Å². The van der Waals surface area contributed by atoms with Crippen LogP contribution in [0.25, 0.3) is 22.3 Å². The molecule has 6 N–H and O–H groups in total. The van der Waals surface area contributed by atoms with Crippen molar-refractivity contribution in [2.75, 3.05) is 7.11 Å². The summed E-state index contributed by atoms with van der Waals surface area (Å²) in [5, 5.41) is 59.6. The molecule has 0 amide bonds. The van der Waals surface area contributed by atoms with Crippen LogP contribution in [0.1, 0.15) is 0 Å². The lowest BCUT2D eigenvalue weighted by atomic mass is 9.99. The Balaban J connectivity index is 1.71. The van der Waals surface area contributed by atoms with Crippen LogP contribution in [0.2, 0.25) is 0 Å². The third-order valence-electron chi connectivity index (χ3n) is 5.30. The molecule has 12 nitrogen and oxygen atoms in total. The number of methoxy groups -OCH3 is 1. The Hall–Kier alpha value is -3.84. The second-order valence-electron chi connectivity index (χ2n) is 7.53. The SMILES string of the molecule is COC(=O)[C@H]1O[C@@H](Oc2cc(O)c3c(=O)cc(-c4ccc(O)c(O)c4)oc3c2)[C@H](O)[C@@H](O)[C@@H]1O. The second kappa shape index (κ2) is 8.83. The smallest absolute Gasteiger partial charge is 0.337 e. The quantitative estimate of drug-likeness (QED) is 0.217. The lowest BCUT2D eigenvalue weighted by Crippen LogP contribution is -2.61. The molecule has 0 bridgehead atoms. The molecular formula is C22H20O12. The summed E-state index contributed by atoms with van der Waals surface area (Å²) >= 11 is 0. The fraction of sp³-hybridized carbons (Fsp3) is 0.273. The van der Waals surface area contributed by atoms with Gasteiger partial charge in [0.05, 0.1) is 7.11 Å². The van der Waals surface area contributed by atoms with E-state index in [0.29, 0.717) is 0 Å². The van der Waals surface area contributed by atoms with E-state index >= 15 is 0 Å². The summed E-state index contributed by atoms with van der Waals surface area (Å²) in [5.74, 6) is -2.52. The number of aromatic hydroxyl groups is 3. The molecule has 5 atom stereocenters. The number of esters is 1. The topological polar surface area (TPSA) is 196 Å². The van der Waals surface area contributed by atoms with Gasteiger partial charge in [-0.1, -0.05) is 0 Å². The fourth-order valence-corrected chi connectivity index (χ4v) is 3.52. The average molecular weight is 476 g/mol. The Morgan fingerprint density at radius 3 is 2.32 bits per heavy atom. The standard InChI is InChI=1S/C22H20O12/c1-31-21(30)20-18(28)17(27)19(29)22(34-20)32-9-5-12(25)16-13(26)7-14(33-15(16)6-9)8-2-3-10(23)11(24)4-8/h2-7,17-20,22-25,27-29H,1H3/t17-,18-,19+,20-,22+/m0/s1. The number of fused-ring (bicyclic) bond motifs is 1. The number of phenols is 3. The summed E-state index contributed by atoms with van der Waals surface area (Å²) in [6, 6.07) is 7.08. The highest BCUT2D eigenvalue weighted by Crippen LogP contribution is 2.35. The van der Waals surface area contributed by atoms with Crippen molar-refractivity contribution in [3.8, 4) is 34.3 Å². The van der Waals surface area contributed by atoms with Gasteiger partial charge in [-0.05, 0) is 18.2 Å². The van der Waals surface area contributed by atoms with E-state index in [1.165, 1.54) is 24.3 Å². The zero-order chi connectivity index (χ0) is 24.7. The van der Waals surface area contributed by atoms with Gasteiger partial charge >= 0.3 is 5.97 Å². The third-order valence-corrected chi connectivity index (χ3v) is 5.30. The summed E-state index contributed by atoms with van der Waals surface area (Å²) in [7, 11) is 1.04. The lowest BCUT2D eigenvalue weighted by molar-refractivity contribution is -0.271. The maximum absolute atomic E-state index is 12.6. The minimum absolute atomic E-state index is 0.00241. The molecule has 1 aliphatic heterocycles. The first-order valence-corrected chi connectivity index (χ1v) is 9.88. The highest BCUT2D eigenvalue weighted by Gasteiger charge is 2.48. The van der Waals surface area contributed by atoms with Gasteiger partial charge in [-0.25, -0.2) is 4.79 Å². The van der Waals surface area contributed by atoms with Crippen molar-refractivity contribution in [1.82, 2.24) is 0 Å². The number of carbonyl (C=O) groups is 1. The van der Waals surface area contributed by atoms with Crippen molar-refractivity contribution in [1.29, 1.82) is 0 Å². The van der Waals surface area contributed by atoms with E-state index in [-0.39, 0.29) is 33.8 Å². The van der Waals surface area contributed by atoms with Crippen LogP contribution in [0, 0.1) is 0 Å². The number of carbonyl (C=O) groups excluding carboxylic acids is 1. The van der Waals surface area contributed by atoms with Crippen molar-refractivity contribution in [3.05, 3.63) is 46.6 Å². The Kier molecular flexibility index (Phi) is 6.06. The molecule has 1 aliphatic rings. The molecule has 12 heteroatoms. The van der Waals surface area contributed by atoms with E-state index < -0.39 is 53.6 Å². The molecule has 1 fully saturated rings. The van der Waals surface area contributed by atoms with Gasteiger partial charge in [0.25, 0.3) is 0 Å². The minimum atomic E-state index is -1.82. The Morgan fingerprint density at radius 1 is 0.912 bits per heavy atom. The summed E-state index contributed by atoms with van der Waals surface area (Å²) < 4.78 is 20.9. The number of rotatable bonds is 4. The van der Waals surface area contributed by atoms with Crippen LogP contribution in [0.4, 0.5) is 0 Å². The fourth-order valence-electron chi connectivity index (χ4n) is 3.52. The van der Waals surface area contributed by atoms with E-state index in [0.717, 1.165) is 19.2 Å². The number of aliphatic hydroxyl groups is 3. The zero-order valence-electron chi connectivity index (χ0n) is 17.5. The van der Waals surface area contributed by atoms with Crippen LogP contribution in [-0.4, -0.2) is 74.4 Å². The predicted molar refractivity (Wildman–Crippen MR) is 112 cm³/mol. The van der Waals surface area contributed by atoms with Crippen LogP contribution in [0.3, 0.4) is 0 Å². The van der Waals surface area contributed by atoms with E-state index in [9.17, 15) is 40.2 Å². The van der Waals surface area contributed by atoms with Gasteiger partial charge in [-0.3, -0.25) is 4.79 Å². The highest BCUT2D eigenvalue weighted by molar-refractivity contribution is 5.86. The summed E-state index contributed by atoms with van der Waals surface area (Å²) in [4.78, 5) is 24.4. The molecule has 3 aromatic rings. The molecule has 1 saturated heterocycles. The van der Waals surface area contributed by atoms with Gasteiger partial charge in [-0.2, -0.15) is 0 Å². The van der Waals surface area contributed by atoms with Crippen LogP contribution in [-0.2, 0) is 14.3 Å². The largest absolute Gasteiger partial charge is 0.507 e. The summed E-state index contributed by atoms with van der Waals surface area (Å²) in [5.41, 5.74) is -0.504. The number of aliphatic hydroxyl groups excluding tert-OH is 3. The summed E-state index contributed by atoms with van der Waals surface area (Å²) in [6.45, 7) is 0. The molecule has 1 aromatic heterocycles. The van der Waals surface area contributed by atoms with E-state index in [4.69, 9.17) is 13.9 Å². The van der Waals surface area contributed by atoms with Crippen molar-refractivity contribution in [2.24, 2.45) is 0 Å². The first kappa shape index (κ1) is 23.3. The molecule has 0 unspecified atom stereocenters. The minimum Gasteiger partial charge on any atom is -0.507 e. The van der Waals surface area contributed by atoms with E-state index in [1.54, 1.807) is 0 Å². The molecule has 0 aliphatic carbocycles. The highest BCUT2D eigenvalue weighted by atomic mass is 16.7. The van der Waals surface area contributed by atoms with Gasteiger partial charge in [0, 0.05) is 23.8 Å². The Morgan fingerprint density at radius 2 is 1.65 bits per heavy atom.